The molecule has 1 N–H and O–H groups in total. The van der Waals surface area contributed by atoms with Crippen molar-refractivity contribution in [3.8, 4) is 0 Å². The molecule has 19 heavy (non-hydrogen) atoms. The fraction of sp³-hybridized carbons (Fsp3) is 0.417. The molecule has 0 unspecified atom stereocenters. The highest BCUT2D eigenvalue weighted by Crippen LogP contribution is 2.25. The van der Waals surface area contributed by atoms with E-state index < -0.39 is 18.0 Å². The van der Waals surface area contributed by atoms with Crippen molar-refractivity contribution in [3.05, 3.63) is 34.9 Å². The van der Waals surface area contributed by atoms with Crippen molar-refractivity contribution in [2.45, 2.75) is 24.4 Å². The number of carbonyl (C=O) groups is 1. The molecule has 1 amide bonds. The molecule has 1 aromatic rings. The number of alkyl halides is 4. The van der Waals surface area contributed by atoms with Gasteiger partial charge in [-0.15, -0.1) is 11.6 Å². The average Bonchev–Trinajstić information content (AvgIpc) is 2.27. The fourth-order valence-corrected chi connectivity index (χ4v) is 1.81. The van der Waals surface area contributed by atoms with Crippen molar-refractivity contribution < 1.29 is 18.0 Å². The largest absolute Gasteiger partial charge is 0.390 e. The summed E-state index contributed by atoms with van der Waals surface area (Å²) in [5, 5.41) is 1.97. The van der Waals surface area contributed by atoms with Gasteiger partial charge in [0.2, 0.25) is 0 Å². The average molecular weight is 314 g/mol. The monoisotopic (exact) mass is 313 g/mol. The van der Waals surface area contributed by atoms with Gasteiger partial charge in [0.15, 0.2) is 0 Å². The van der Waals surface area contributed by atoms with Gasteiger partial charge >= 0.3 is 6.18 Å². The van der Waals surface area contributed by atoms with Gasteiger partial charge in [0.25, 0.3) is 5.91 Å². The van der Waals surface area contributed by atoms with Crippen LogP contribution in [0.3, 0.4) is 0 Å². The second-order valence-corrected chi connectivity index (χ2v) is 5.02. The molecule has 0 heterocycles. The Labute approximate surface area is 118 Å². The van der Waals surface area contributed by atoms with E-state index in [0.29, 0.717) is 10.6 Å². The van der Waals surface area contributed by atoms with Gasteiger partial charge in [-0.25, -0.2) is 0 Å². The number of carbonyl (C=O) groups excluding carboxylic acids is 1. The second kappa shape index (κ2) is 7.01. The first kappa shape index (κ1) is 16.1. The Balaban J connectivity index is 2.33. The zero-order chi connectivity index (χ0) is 14.5. The molecule has 1 rings (SSSR count). The maximum atomic E-state index is 12.0. The Morgan fingerprint density at radius 3 is 2.37 bits per heavy atom. The summed E-state index contributed by atoms with van der Waals surface area (Å²) in [5.41, 5.74) is 0.395. The van der Waals surface area contributed by atoms with Crippen molar-refractivity contribution in [3.63, 3.8) is 0 Å². The van der Waals surface area contributed by atoms with E-state index >= 15 is 0 Å². The molecule has 0 saturated carbocycles. The van der Waals surface area contributed by atoms with E-state index in [-0.39, 0.29) is 18.9 Å². The van der Waals surface area contributed by atoms with Crippen molar-refractivity contribution in [2.75, 3.05) is 6.54 Å². The van der Waals surface area contributed by atoms with Crippen molar-refractivity contribution >= 4 is 29.1 Å². The van der Waals surface area contributed by atoms with Crippen LogP contribution in [0.4, 0.5) is 13.2 Å². The Morgan fingerprint density at radius 1 is 1.26 bits per heavy atom. The number of hydrogen-bond donors (Lipinski definition) is 1. The molecule has 7 heteroatoms. The first-order valence-electron chi connectivity index (χ1n) is 5.52. The van der Waals surface area contributed by atoms with E-state index in [9.17, 15) is 18.0 Å². The molecular weight excluding hydrogens is 302 g/mol. The first-order chi connectivity index (χ1) is 8.78. The van der Waals surface area contributed by atoms with Crippen LogP contribution in [0.25, 0.3) is 0 Å². The Hall–Kier alpha value is -0.940. The minimum Gasteiger partial charge on any atom is -0.352 e. The van der Waals surface area contributed by atoms with Gasteiger partial charge in [-0.1, -0.05) is 11.6 Å². The quantitative estimate of drug-likeness (QED) is 0.817. The molecular formula is C12H12Cl2F3NO. The van der Waals surface area contributed by atoms with E-state index in [1.807, 2.05) is 0 Å². The van der Waals surface area contributed by atoms with Crippen LogP contribution in [0.1, 0.15) is 23.2 Å². The summed E-state index contributed by atoms with van der Waals surface area (Å²) in [5.74, 6) is -0.368. The zero-order valence-electron chi connectivity index (χ0n) is 9.81. The molecule has 0 bridgehead atoms. The lowest BCUT2D eigenvalue weighted by atomic mass is 10.2. The van der Waals surface area contributed by atoms with Gasteiger partial charge in [-0.3, -0.25) is 4.79 Å². The lowest BCUT2D eigenvalue weighted by molar-refractivity contribution is -0.134. The van der Waals surface area contributed by atoms with Crippen molar-refractivity contribution in [2.24, 2.45) is 0 Å². The fourth-order valence-electron chi connectivity index (χ4n) is 1.40. The highest BCUT2D eigenvalue weighted by atomic mass is 35.5. The Kier molecular flexibility index (Phi) is 5.94. The highest BCUT2D eigenvalue weighted by Gasteiger charge is 2.30. The molecule has 1 atom stereocenters. The minimum absolute atomic E-state index is 0.0559. The Morgan fingerprint density at radius 2 is 1.84 bits per heavy atom. The van der Waals surface area contributed by atoms with Gasteiger partial charge in [0.1, 0.15) is 0 Å². The lowest BCUT2D eigenvalue weighted by Gasteiger charge is -2.12. The number of nitrogens with one attached hydrogen (secondary N) is 1. The summed E-state index contributed by atoms with van der Waals surface area (Å²) in [6.07, 6.45) is -5.29. The summed E-state index contributed by atoms with van der Waals surface area (Å²) in [7, 11) is 0. The zero-order valence-corrected chi connectivity index (χ0v) is 11.3. The van der Waals surface area contributed by atoms with Crippen LogP contribution in [-0.2, 0) is 0 Å². The molecule has 0 saturated heterocycles. The Bertz CT molecular complexity index is 420. The smallest absolute Gasteiger partial charge is 0.352 e. The molecule has 1 aromatic carbocycles. The third kappa shape index (κ3) is 6.68. The normalized spacial score (nSPS) is 13.1. The van der Waals surface area contributed by atoms with Crippen molar-refractivity contribution in [1.82, 2.24) is 5.32 Å². The van der Waals surface area contributed by atoms with E-state index in [2.05, 4.69) is 5.32 Å². The number of amides is 1. The van der Waals surface area contributed by atoms with Gasteiger partial charge in [-0.2, -0.15) is 13.2 Å². The molecule has 106 valence electrons. The van der Waals surface area contributed by atoms with Crippen LogP contribution in [0, 0.1) is 0 Å². The van der Waals surface area contributed by atoms with Gasteiger partial charge in [-0.05, 0) is 30.7 Å². The summed E-state index contributed by atoms with van der Waals surface area (Å²) in [6, 6.07) is 6.19. The first-order valence-corrected chi connectivity index (χ1v) is 6.34. The molecule has 0 radical (unpaired) electrons. The van der Waals surface area contributed by atoms with Crippen LogP contribution < -0.4 is 5.32 Å². The molecule has 0 aromatic heterocycles. The predicted molar refractivity (Wildman–Crippen MR) is 68.7 cm³/mol. The number of hydrogen-bond acceptors (Lipinski definition) is 1. The highest BCUT2D eigenvalue weighted by molar-refractivity contribution is 6.30. The number of rotatable bonds is 5. The van der Waals surface area contributed by atoms with E-state index in [4.69, 9.17) is 23.2 Å². The summed E-state index contributed by atoms with van der Waals surface area (Å²) >= 11 is 11.2. The molecule has 2 nitrogen and oxygen atoms in total. The van der Waals surface area contributed by atoms with Crippen LogP contribution in [0.2, 0.25) is 5.02 Å². The number of benzene rings is 1. The van der Waals surface area contributed by atoms with E-state index in [1.54, 1.807) is 12.1 Å². The number of halogens is 5. The van der Waals surface area contributed by atoms with Crippen molar-refractivity contribution in [1.29, 1.82) is 0 Å². The third-order valence-corrected chi connectivity index (χ3v) is 2.93. The standard InChI is InChI=1S/C12H12Cl2F3NO/c13-9-3-1-8(2-4-9)11(19)18-6-5-10(14)7-12(15,16)17/h1-4,10H,5-7H2,(H,18,19)/t10-/m0/s1. The van der Waals surface area contributed by atoms with Crippen LogP contribution in [0.5, 0.6) is 0 Å². The molecule has 0 aliphatic carbocycles. The van der Waals surface area contributed by atoms with Gasteiger partial charge in [0.05, 0.1) is 6.42 Å². The molecule has 0 aliphatic heterocycles. The summed E-state index contributed by atoms with van der Waals surface area (Å²) < 4.78 is 36.0. The predicted octanol–water partition coefficient (Wildman–Crippen LogP) is 4.02. The minimum atomic E-state index is -4.29. The van der Waals surface area contributed by atoms with E-state index in [1.165, 1.54) is 12.1 Å². The maximum Gasteiger partial charge on any atom is 0.390 e. The second-order valence-electron chi connectivity index (χ2n) is 3.97. The van der Waals surface area contributed by atoms with Crippen LogP contribution in [0.15, 0.2) is 24.3 Å². The maximum absolute atomic E-state index is 12.0. The van der Waals surface area contributed by atoms with Gasteiger partial charge in [0, 0.05) is 22.5 Å². The SMILES string of the molecule is O=C(NCC[C@H](Cl)CC(F)(F)F)c1ccc(Cl)cc1. The van der Waals surface area contributed by atoms with Gasteiger partial charge < -0.3 is 5.32 Å². The lowest BCUT2D eigenvalue weighted by Crippen LogP contribution is -2.27. The molecule has 0 aliphatic rings. The molecule has 0 fully saturated rings. The van der Waals surface area contributed by atoms with Crippen LogP contribution >= 0.6 is 23.2 Å². The summed E-state index contributed by atoms with van der Waals surface area (Å²) in [6.45, 7) is 0.0890. The van der Waals surface area contributed by atoms with Crippen LogP contribution in [-0.4, -0.2) is 24.0 Å². The van der Waals surface area contributed by atoms with E-state index in [0.717, 1.165) is 0 Å². The summed E-state index contributed by atoms with van der Waals surface area (Å²) in [4.78, 5) is 11.6. The third-order valence-electron chi connectivity index (χ3n) is 2.30. The molecule has 0 spiro atoms. The topological polar surface area (TPSA) is 29.1 Å².